The fraction of sp³-hybridized carbons (Fsp3) is 0.242. The second-order valence-corrected chi connectivity index (χ2v) is 10.5. The molecule has 1 saturated heterocycles. The highest BCUT2D eigenvalue weighted by atomic mass is 19.1. The number of hydrogen-bond acceptors (Lipinski definition) is 6. The average molecular weight is 602 g/mol. The fourth-order valence-electron chi connectivity index (χ4n) is 5.33. The van der Waals surface area contributed by atoms with Crippen LogP contribution in [0.15, 0.2) is 89.9 Å². The molecule has 2 atom stereocenters. The molecule has 3 aromatic carbocycles. The number of amides is 2. The highest BCUT2D eigenvalue weighted by Crippen LogP contribution is 2.31. The normalized spacial score (nSPS) is 17.2. The zero-order valence-electron chi connectivity index (χ0n) is 23.6. The molecular formula is C33H29F2N3O6. The number of ether oxygens (including phenoxy) is 3. The van der Waals surface area contributed by atoms with E-state index in [1.54, 1.807) is 4.90 Å². The van der Waals surface area contributed by atoms with Gasteiger partial charge in [-0.25, -0.2) is 8.78 Å². The molecule has 3 heterocycles. The summed E-state index contributed by atoms with van der Waals surface area (Å²) in [5.74, 6) is -3.12. The highest BCUT2D eigenvalue weighted by Gasteiger charge is 2.45. The molecule has 9 nitrogen and oxygen atoms in total. The van der Waals surface area contributed by atoms with Gasteiger partial charge < -0.3 is 29.0 Å². The first-order chi connectivity index (χ1) is 21.4. The molecule has 1 fully saturated rings. The van der Waals surface area contributed by atoms with Crippen LogP contribution in [0.1, 0.15) is 37.5 Å². The first kappa shape index (κ1) is 29.2. The van der Waals surface area contributed by atoms with Crippen molar-refractivity contribution in [1.29, 1.82) is 0 Å². The third kappa shape index (κ3) is 6.10. The molecule has 0 bridgehead atoms. The van der Waals surface area contributed by atoms with Crippen molar-refractivity contribution in [2.75, 3.05) is 13.2 Å². The molecular weight excluding hydrogens is 572 g/mol. The standard InChI is InChI=1S/C33H29F2N3O6/c34-24-12-11-23(27(35)13-24)14-36-32(40)26-15-37-16-28-38(25(20-43-28)19-42-17-21-7-3-1-4-8-21)33(41)29(37)31(30(26)39)44-18-22-9-5-2-6-10-22/h1-13,15,25,28H,14,16-20H2,(H,36,40)/t25-,28+/m0/s1. The van der Waals surface area contributed by atoms with Crippen LogP contribution in [-0.4, -0.2) is 46.8 Å². The minimum Gasteiger partial charge on any atom is -0.483 e. The SMILES string of the molecule is O=C(NCc1ccc(F)cc1F)c1cn2c(c(OCc3ccccc3)c1=O)C(=O)N1[C@@H](COCc3ccccc3)CO[C@@H]1C2. The van der Waals surface area contributed by atoms with Crippen molar-refractivity contribution in [1.82, 2.24) is 14.8 Å². The Bertz CT molecular complexity index is 1730. The number of carbonyl (C=O) groups excluding carboxylic acids is 2. The van der Waals surface area contributed by atoms with E-state index in [2.05, 4.69) is 5.32 Å². The lowest BCUT2D eigenvalue weighted by molar-refractivity contribution is 0.000154. The number of nitrogens with one attached hydrogen (secondary N) is 1. The first-order valence-corrected chi connectivity index (χ1v) is 14.1. The van der Waals surface area contributed by atoms with Gasteiger partial charge in [0.1, 0.15) is 23.8 Å². The van der Waals surface area contributed by atoms with E-state index >= 15 is 0 Å². The van der Waals surface area contributed by atoms with Crippen molar-refractivity contribution in [3.63, 3.8) is 0 Å². The van der Waals surface area contributed by atoms with Gasteiger partial charge in [0, 0.05) is 24.4 Å². The van der Waals surface area contributed by atoms with E-state index in [0.29, 0.717) is 12.7 Å². The smallest absolute Gasteiger partial charge is 0.277 e. The number of nitrogens with zero attached hydrogens (tertiary/aromatic N) is 2. The molecule has 4 aromatic rings. The summed E-state index contributed by atoms with van der Waals surface area (Å²) in [6.45, 7) is 0.668. The summed E-state index contributed by atoms with van der Waals surface area (Å²) in [6, 6.07) is 21.4. The van der Waals surface area contributed by atoms with Crippen molar-refractivity contribution in [2.24, 2.45) is 0 Å². The third-order valence-corrected chi connectivity index (χ3v) is 7.56. The second kappa shape index (κ2) is 12.8. The first-order valence-electron chi connectivity index (χ1n) is 14.1. The van der Waals surface area contributed by atoms with Gasteiger partial charge in [-0.05, 0) is 17.2 Å². The van der Waals surface area contributed by atoms with Crippen molar-refractivity contribution in [3.05, 3.63) is 135 Å². The van der Waals surface area contributed by atoms with Gasteiger partial charge in [0.25, 0.3) is 11.8 Å². The predicted molar refractivity (Wildman–Crippen MR) is 155 cm³/mol. The van der Waals surface area contributed by atoms with E-state index in [1.807, 2.05) is 60.7 Å². The largest absolute Gasteiger partial charge is 0.483 e. The Morgan fingerprint density at radius 3 is 2.36 bits per heavy atom. The number of benzene rings is 3. The number of halogens is 2. The van der Waals surface area contributed by atoms with E-state index in [4.69, 9.17) is 14.2 Å². The maximum atomic E-state index is 14.2. The van der Waals surface area contributed by atoms with E-state index in [9.17, 15) is 23.2 Å². The molecule has 2 aliphatic heterocycles. The zero-order chi connectivity index (χ0) is 30.6. The third-order valence-electron chi connectivity index (χ3n) is 7.56. The molecule has 0 spiro atoms. The maximum Gasteiger partial charge on any atom is 0.277 e. The van der Waals surface area contributed by atoms with E-state index in [1.165, 1.54) is 16.8 Å². The number of fused-ring (bicyclic) bond motifs is 2. The van der Waals surface area contributed by atoms with Gasteiger partial charge >= 0.3 is 0 Å². The topological polar surface area (TPSA) is 99.1 Å². The lowest BCUT2D eigenvalue weighted by Crippen LogP contribution is -2.51. The van der Waals surface area contributed by atoms with Gasteiger partial charge in [-0.3, -0.25) is 14.4 Å². The highest BCUT2D eigenvalue weighted by molar-refractivity contribution is 5.99. The second-order valence-electron chi connectivity index (χ2n) is 10.5. The van der Waals surface area contributed by atoms with Crippen molar-refractivity contribution >= 4 is 11.8 Å². The minimum absolute atomic E-state index is 0.00173. The average Bonchev–Trinajstić information content (AvgIpc) is 3.44. The molecule has 2 aliphatic rings. The molecule has 11 heteroatoms. The molecule has 0 radical (unpaired) electrons. The Kier molecular flexibility index (Phi) is 8.49. The molecule has 0 aliphatic carbocycles. The lowest BCUT2D eigenvalue weighted by Gasteiger charge is -2.35. The summed E-state index contributed by atoms with van der Waals surface area (Å²) in [6.07, 6.45) is 0.648. The number of carbonyl (C=O) groups is 2. The summed E-state index contributed by atoms with van der Waals surface area (Å²) >= 11 is 0. The van der Waals surface area contributed by atoms with Crippen molar-refractivity contribution in [2.45, 2.75) is 38.6 Å². The fourth-order valence-corrected chi connectivity index (χ4v) is 5.33. The maximum absolute atomic E-state index is 14.2. The van der Waals surface area contributed by atoms with Crippen molar-refractivity contribution in [3.8, 4) is 5.75 Å². The van der Waals surface area contributed by atoms with Crippen LogP contribution in [0.2, 0.25) is 0 Å². The number of rotatable bonds is 10. The van der Waals surface area contributed by atoms with E-state index < -0.39 is 41.1 Å². The number of aromatic nitrogens is 1. The van der Waals surface area contributed by atoms with Crippen LogP contribution in [0.4, 0.5) is 8.78 Å². The van der Waals surface area contributed by atoms with Crippen LogP contribution in [-0.2, 0) is 35.8 Å². The summed E-state index contributed by atoms with van der Waals surface area (Å²) in [4.78, 5) is 42.5. The molecule has 226 valence electrons. The lowest BCUT2D eigenvalue weighted by atomic mass is 10.1. The molecule has 6 rings (SSSR count). The molecule has 0 unspecified atom stereocenters. The monoisotopic (exact) mass is 601 g/mol. The molecule has 2 amide bonds. The number of hydrogen-bond donors (Lipinski definition) is 1. The van der Waals surface area contributed by atoms with Crippen molar-refractivity contribution < 1.29 is 32.6 Å². The van der Waals surface area contributed by atoms with Gasteiger partial charge in [0.2, 0.25) is 5.43 Å². The Balaban J connectivity index is 1.27. The summed E-state index contributed by atoms with van der Waals surface area (Å²) < 4.78 is 46.8. The summed E-state index contributed by atoms with van der Waals surface area (Å²) in [5, 5.41) is 2.51. The minimum atomic E-state index is -0.828. The van der Waals surface area contributed by atoms with Crippen LogP contribution in [0.5, 0.6) is 5.75 Å². The van der Waals surface area contributed by atoms with Gasteiger partial charge in [0.15, 0.2) is 17.7 Å². The van der Waals surface area contributed by atoms with Gasteiger partial charge in [-0.2, -0.15) is 0 Å². The zero-order valence-corrected chi connectivity index (χ0v) is 23.6. The quantitative estimate of drug-likeness (QED) is 0.295. The van der Waals surface area contributed by atoms with E-state index in [-0.39, 0.29) is 55.5 Å². The summed E-state index contributed by atoms with van der Waals surface area (Å²) in [7, 11) is 0. The number of pyridine rings is 1. The van der Waals surface area contributed by atoms with E-state index in [0.717, 1.165) is 17.2 Å². The van der Waals surface area contributed by atoms with Gasteiger partial charge in [-0.1, -0.05) is 66.7 Å². The Morgan fingerprint density at radius 2 is 1.66 bits per heavy atom. The Hall–Kier alpha value is -4.87. The molecule has 0 saturated carbocycles. The van der Waals surface area contributed by atoms with Crippen LogP contribution >= 0.6 is 0 Å². The Morgan fingerprint density at radius 1 is 0.955 bits per heavy atom. The van der Waals surface area contributed by atoms with Crippen LogP contribution < -0.4 is 15.5 Å². The van der Waals surface area contributed by atoms with Crippen LogP contribution in [0.25, 0.3) is 0 Å². The Labute approximate surface area is 251 Å². The molecule has 44 heavy (non-hydrogen) atoms. The molecule has 1 N–H and O–H groups in total. The molecule has 1 aromatic heterocycles. The van der Waals surface area contributed by atoms with Gasteiger partial charge in [-0.15, -0.1) is 0 Å². The van der Waals surface area contributed by atoms with Crippen LogP contribution in [0.3, 0.4) is 0 Å². The van der Waals surface area contributed by atoms with Crippen LogP contribution in [0, 0.1) is 11.6 Å². The summed E-state index contributed by atoms with van der Waals surface area (Å²) in [5.41, 5.74) is 0.722. The van der Waals surface area contributed by atoms with Gasteiger partial charge in [0.05, 0.1) is 32.4 Å². The predicted octanol–water partition coefficient (Wildman–Crippen LogP) is 4.03.